The highest BCUT2D eigenvalue weighted by molar-refractivity contribution is 6.36. The number of benzene rings is 1. The fraction of sp³-hybridized carbons (Fsp3) is 0.133. The average Bonchev–Trinajstić information content (AvgIpc) is 2.88. The Balaban J connectivity index is 2.07. The Morgan fingerprint density at radius 2 is 1.74 bits per heavy atom. The van der Waals surface area contributed by atoms with Gasteiger partial charge in [0.15, 0.2) is 0 Å². The standard InChI is InChI=1S/C15H9Cl2F3N2O/c16-7-2-1-3-8(17)13(7)14(23)11-6-10-9(21-11)4-5-12(22-10)15(18,19)20/h1-6,14,21,23H. The van der Waals surface area contributed by atoms with Crippen molar-refractivity contribution < 1.29 is 18.3 Å². The number of hydrogen-bond acceptors (Lipinski definition) is 2. The summed E-state index contributed by atoms with van der Waals surface area (Å²) in [5, 5.41) is 10.9. The number of pyridine rings is 1. The number of rotatable bonds is 2. The molecule has 0 saturated heterocycles. The lowest BCUT2D eigenvalue weighted by atomic mass is 10.1. The number of H-pyrrole nitrogens is 1. The van der Waals surface area contributed by atoms with Gasteiger partial charge in [-0.2, -0.15) is 13.2 Å². The Bertz CT molecular complexity index is 857. The van der Waals surface area contributed by atoms with Crippen LogP contribution in [0.3, 0.4) is 0 Å². The minimum absolute atomic E-state index is 0.0945. The van der Waals surface area contributed by atoms with Crippen molar-refractivity contribution in [2.24, 2.45) is 0 Å². The van der Waals surface area contributed by atoms with Gasteiger partial charge in [-0.25, -0.2) is 4.98 Å². The van der Waals surface area contributed by atoms with Crippen molar-refractivity contribution in [2.45, 2.75) is 12.3 Å². The molecule has 0 radical (unpaired) electrons. The van der Waals surface area contributed by atoms with Crippen LogP contribution >= 0.6 is 23.2 Å². The third-order valence-corrected chi connectivity index (χ3v) is 4.01. The van der Waals surface area contributed by atoms with Crippen LogP contribution in [0.15, 0.2) is 36.4 Å². The van der Waals surface area contributed by atoms with E-state index in [9.17, 15) is 18.3 Å². The van der Waals surface area contributed by atoms with Gasteiger partial charge in [0.2, 0.25) is 0 Å². The van der Waals surface area contributed by atoms with E-state index in [2.05, 4.69) is 9.97 Å². The SMILES string of the molecule is OC(c1cc2nc(C(F)(F)F)ccc2[nH]1)c1c(Cl)cccc1Cl. The van der Waals surface area contributed by atoms with E-state index in [0.717, 1.165) is 6.07 Å². The van der Waals surface area contributed by atoms with E-state index in [0.29, 0.717) is 5.52 Å². The first-order chi connectivity index (χ1) is 10.8. The van der Waals surface area contributed by atoms with Gasteiger partial charge < -0.3 is 10.1 Å². The topological polar surface area (TPSA) is 48.9 Å². The summed E-state index contributed by atoms with van der Waals surface area (Å²) in [7, 11) is 0. The van der Waals surface area contributed by atoms with Crippen LogP contribution < -0.4 is 0 Å². The summed E-state index contributed by atoms with van der Waals surface area (Å²) >= 11 is 12.1. The lowest BCUT2D eigenvalue weighted by molar-refractivity contribution is -0.140. The molecule has 0 aliphatic rings. The summed E-state index contributed by atoms with van der Waals surface area (Å²) < 4.78 is 38.1. The highest BCUT2D eigenvalue weighted by Gasteiger charge is 2.32. The van der Waals surface area contributed by atoms with Gasteiger partial charge in [-0.15, -0.1) is 0 Å². The van der Waals surface area contributed by atoms with E-state index in [1.807, 2.05) is 0 Å². The van der Waals surface area contributed by atoms with Gasteiger partial charge in [-0.05, 0) is 30.3 Å². The second-order valence-electron chi connectivity index (χ2n) is 4.89. The van der Waals surface area contributed by atoms with Crippen LogP contribution in [0, 0.1) is 0 Å². The number of nitrogens with zero attached hydrogens (tertiary/aromatic N) is 1. The van der Waals surface area contributed by atoms with Crippen molar-refractivity contribution in [2.75, 3.05) is 0 Å². The summed E-state index contributed by atoms with van der Waals surface area (Å²) in [4.78, 5) is 6.38. The molecule has 1 atom stereocenters. The molecule has 1 aromatic carbocycles. The molecular weight excluding hydrogens is 352 g/mol. The minimum atomic E-state index is -4.53. The van der Waals surface area contributed by atoms with Gasteiger partial charge in [-0.1, -0.05) is 29.3 Å². The van der Waals surface area contributed by atoms with E-state index in [-0.39, 0.29) is 26.8 Å². The normalized spacial score (nSPS) is 13.5. The van der Waals surface area contributed by atoms with Gasteiger partial charge >= 0.3 is 6.18 Å². The summed E-state index contributed by atoms with van der Waals surface area (Å²) in [5.41, 5.74) is -0.00616. The predicted octanol–water partition coefficient (Wildman–Crippen LogP) is 4.97. The number of nitrogens with one attached hydrogen (secondary N) is 1. The third-order valence-electron chi connectivity index (χ3n) is 3.35. The van der Waals surface area contributed by atoms with E-state index in [4.69, 9.17) is 23.2 Å². The Morgan fingerprint density at radius 1 is 1.09 bits per heavy atom. The summed E-state index contributed by atoms with van der Waals surface area (Å²) in [6.07, 6.45) is -5.74. The van der Waals surface area contributed by atoms with Crippen LogP contribution in [0.25, 0.3) is 11.0 Å². The van der Waals surface area contributed by atoms with Crippen LogP contribution in [0.2, 0.25) is 10.0 Å². The van der Waals surface area contributed by atoms with Crippen LogP contribution in [0.5, 0.6) is 0 Å². The van der Waals surface area contributed by atoms with Gasteiger partial charge in [0.1, 0.15) is 11.8 Å². The van der Waals surface area contributed by atoms with Crippen LogP contribution in [-0.4, -0.2) is 15.1 Å². The second kappa shape index (κ2) is 5.70. The fourth-order valence-electron chi connectivity index (χ4n) is 2.26. The first-order valence-corrected chi connectivity index (χ1v) is 7.22. The van der Waals surface area contributed by atoms with Crippen LogP contribution in [0.4, 0.5) is 13.2 Å². The molecule has 8 heteroatoms. The largest absolute Gasteiger partial charge is 0.433 e. The molecule has 23 heavy (non-hydrogen) atoms. The van der Waals surface area contributed by atoms with Crippen LogP contribution in [0.1, 0.15) is 23.1 Å². The number of aromatic nitrogens is 2. The predicted molar refractivity (Wildman–Crippen MR) is 81.6 cm³/mol. The second-order valence-corrected chi connectivity index (χ2v) is 5.70. The van der Waals surface area contributed by atoms with Gasteiger partial charge in [0.25, 0.3) is 0 Å². The van der Waals surface area contributed by atoms with Crippen molar-refractivity contribution in [1.82, 2.24) is 9.97 Å². The molecule has 0 aliphatic carbocycles. The molecule has 2 N–H and O–H groups in total. The van der Waals surface area contributed by atoms with Crippen molar-refractivity contribution in [1.29, 1.82) is 0 Å². The quantitative estimate of drug-likeness (QED) is 0.677. The van der Waals surface area contributed by atoms with E-state index < -0.39 is 18.0 Å². The Hall–Kier alpha value is -1.76. The molecule has 0 amide bonds. The number of aliphatic hydroxyl groups excluding tert-OH is 1. The maximum Gasteiger partial charge on any atom is 0.433 e. The molecule has 3 nitrogen and oxygen atoms in total. The molecule has 0 fully saturated rings. The fourth-order valence-corrected chi connectivity index (χ4v) is 2.87. The molecule has 120 valence electrons. The highest BCUT2D eigenvalue weighted by atomic mass is 35.5. The first kappa shape index (κ1) is 16.1. The van der Waals surface area contributed by atoms with Crippen molar-refractivity contribution >= 4 is 34.2 Å². The van der Waals surface area contributed by atoms with E-state index in [1.165, 1.54) is 12.1 Å². The number of aromatic amines is 1. The lowest BCUT2D eigenvalue weighted by Gasteiger charge is -2.12. The molecule has 3 aromatic rings. The van der Waals surface area contributed by atoms with Gasteiger partial charge in [0.05, 0.1) is 16.7 Å². The summed E-state index contributed by atoms with van der Waals surface area (Å²) in [6.45, 7) is 0. The number of halogens is 5. The van der Waals surface area contributed by atoms with E-state index in [1.54, 1.807) is 18.2 Å². The van der Waals surface area contributed by atoms with Crippen molar-refractivity contribution in [3.05, 3.63) is 63.4 Å². The van der Waals surface area contributed by atoms with Crippen LogP contribution in [-0.2, 0) is 6.18 Å². The maximum atomic E-state index is 12.7. The number of alkyl halides is 3. The molecule has 0 aliphatic heterocycles. The zero-order valence-electron chi connectivity index (χ0n) is 11.3. The average molecular weight is 361 g/mol. The summed E-state index contributed by atoms with van der Waals surface area (Å²) in [5.74, 6) is 0. The number of hydrogen-bond donors (Lipinski definition) is 2. The van der Waals surface area contributed by atoms with E-state index >= 15 is 0 Å². The molecule has 2 heterocycles. The molecular formula is C15H9Cl2F3N2O. The molecule has 0 spiro atoms. The molecule has 2 aromatic heterocycles. The number of fused-ring (bicyclic) bond motifs is 1. The monoisotopic (exact) mass is 360 g/mol. The Morgan fingerprint density at radius 3 is 2.35 bits per heavy atom. The molecule has 0 bridgehead atoms. The van der Waals surface area contributed by atoms with Gasteiger partial charge in [-0.3, -0.25) is 0 Å². The lowest BCUT2D eigenvalue weighted by Crippen LogP contribution is -2.07. The third kappa shape index (κ3) is 3.02. The Kier molecular flexibility index (Phi) is 4.00. The first-order valence-electron chi connectivity index (χ1n) is 6.46. The number of aliphatic hydroxyl groups is 1. The highest BCUT2D eigenvalue weighted by Crippen LogP contribution is 2.35. The van der Waals surface area contributed by atoms with Crippen molar-refractivity contribution in [3.63, 3.8) is 0 Å². The Labute approximate surface area is 138 Å². The minimum Gasteiger partial charge on any atom is -0.382 e. The smallest absolute Gasteiger partial charge is 0.382 e. The molecule has 0 saturated carbocycles. The van der Waals surface area contributed by atoms with Gasteiger partial charge in [0, 0.05) is 15.6 Å². The molecule has 3 rings (SSSR count). The summed E-state index contributed by atoms with van der Waals surface area (Å²) in [6, 6.07) is 8.23. The molecule has 1 unspecified atom stereocenters. The maximum absolute atomic E-state index is 12.7. The van der Waals surface area contributed by atoms with Crippen molar-refractivity contribution in [3.8, 4) is 0 Å². The zero-order valence-corrected chi connectivity index (χ0v) is 12.8. The zero-order chi connectivity index (χ0) is 16.8.